The van der Waals surface area contributed by atoms with Gasteiger partial charge in [0.25, 0.3) is 11.5 Å². The number of phenols is 1. The number of aromatic amines is 1. The van der Waals surface area contributed by atoms with E-state index < -0.39 is 0 Å². The minimum atomic E-state index is -0.263. The lowest BCUT2D eigenvalue weighted by Crippen LogP contribution is -2.59. The van der Waals surface area contributed by atoms with Gasteiger partial charge in [0.05, 0.1) is 0 Å². The Kier molecular flexibility index (Phi) is 7.23. The highest BCUT2D eigenvalue weighted by Crippen LogP contribution is 2.51. The summed E-state index contributed by atoms with van der Waals surface area (Å²) in [5.74, 6) is 1.37. The van der Waals surface area contributed by atoms with Crippen molar-refractivity contribution in [2.24, 2.45) is 11.8 Å². The fourth-order valence-electron chi connectivity index (χ4n) is 7.25. The van der Waals surface area contributed by atoms with Gasteiger partial charge in [-0.3, -0.25) is 9.59 Å². The van der Waals surface area contributed by atoms with Crippen LogP contribution in [0.5, 0.6) is 5.75 Å². The highest BCUT2D eigenvalue weighted by Gasteiger charge is 2.51. The minimum Gasteiger partial charge on any atom is -0.508 e. The second-order valence-electron chi connectivity index (χ2n) is 11.6. The molecule has 1 amide bonds. The van der Waals surface area contributed by atoms with Crippen LogP contribution in [-0.4, -0.2) is 58.0 Å². The van der Waals surface area contributed by atoms with Crippen molar-refractivity contribution in [2.45, 2.75) is 84.1 Å². The summed E-state index contributed by atoms with van der Waals surface area (Å²) in [7, 11) is 0. The maximum atomic E-state index is 13.1. The average Bonchev–Trinajstić information content (AvgIpc) is 3.55. The van der Waals surface area contributed by atoms with Crippen LogP contribution in [-0.2, 0) is 18.3 Å². The van der Waals surface area contributed by atoms with Crippen LogP contribution in [0.1, 0.15) is 85.6 Å². The Bertz CT molecular complexity index is 1210. The Morgan fingerprint density at radius 1 is 1.14 bits per heavy atom. The predicted octanol–water partition coefficient (Wildman–Crippen LogP) is 4.81. The Hall–Kier alpha value is -2.60. The third-order valence-corrected chi connectivity index (χ3v) is 9.43. The van der Waals surface area contributed by atoms with Crippen molar-refractivity contribution < 1.29 is 9.90 Å². The fraction of sp³-hybridized carbons (Fsp3) is 0.613. The minimum absolute atomic E-state index is 0.126. The van der Waals surface area contributed by atoms with Gasteiger partial charge in [-0.2, -0.15) is 0 Å². The van der Waals surface area contributed by atoms with Crippen LogP contribution in [0.4, 0.5) is 0 Å². The number of carbonyl (C=O) groups is 1. The average molecular weight is 506 g/mol. The van der Waals surface area contributed by atoms with E-state index in [1.54, 1.807) is 6.07 Å². The number of aryl methyl sites for hydroxylation is 1. The second kappa shape index (κ2) is 10.3. The smallest absolute Gasteiger partial charge is 0.261 e. The first-order valence-corrected chi connectivity index (χ1v) is 14.4. The van der Waals surface area contributed by atoms with Crippen molar-refractivity contribution in [3.8, 4) is 5.75 Å². The number of carbonyl (C=O) groups excluding carboxylic acids is 1. The number of benzene rings is 1. The zero-order valence-electron chi connectivity index (χ0n) is 23.0. The lowest BCUT2D eigenvalue weighted by Gasteiger charge is -2.55. The van der Waals surface area contributed by atoms with Crippen LogP contribution < -0.4 is 5.56 Å². The number of amides is 1. The molecule has 2 N–H and O–H groups in total. The summed E-state index contributed by atoms with van der Waals surface area (Å²) < 4.78 is 0. The normalized spacial score (nSPS) is 27.2. The largest absolute Gasteiger partial charge is 0.508 e. The molecule has 2 aromatic rings. The zero-order valence-corrected chi connectivity index (χ0v) is 23.0. The molecule has 2 saturated heterocycles. The van der Waals surface area contributed by atoms with E-state index in [0.29, 0.717) is 23.3 Å². The number of rotatable bonds is 4. The van der Waals surface area contributed by atoms with Crippen LogP contribution in [0.25, 0.3) is 0 Å². The Labute approximate surface area is 221 Å². The highest BCUT2D eigenvalue weighted by molar-refractivity contribution is 5.94. The lowest BCUT2D eigenvalue weighted by atomic mass is 9.55. The third-order valence-electron chi connectivity index (χ3n) is 9.43. The number of aromatic hydroxyl groups is 1. The Morgan fingerprint density at radius 2 is 1.86 bits per heavy atom. The molecule has 37 heavy (non-hydrogen) atoms. The standard InChI is InChI=1S/C29H37N3O3.C2H6/c1-18-5-8-22(33)15-24(18)29-9-12-32(17-20-6-7-20)19(2)25(29)14-21-13-23(27(34)30-26(21)16-29)28(35)31-10-3-4-11-31;1-2/h5,8,13,15,19-20,25,33H,3-4,6-7,9-12,14,16-17H2,1-2H3,(H,30,34);1-2H3. The molecule has 3 unspecified atom stereocenters. The van der Waals surface area contributed by atoms with Crippen molar-refractivity contribution in [2.75, 3.05) is 26.2 Å². The molecule has 1 aromatic carbocycles. The first-order chi connectivity index (χ1) is 17.9. The van der Waals surface area contributed by atoms with E-state index in [1.807, 2.05) is 36.9 Å². The fourth-order valence-corrected chi connectivity index (χ4v) is 7.25. The summed E-state index contributed by atoms with van der Waals surface area (Å²) >= 11 is 0. The van der Waals surface area contributed by atoms with Gasteiger partial charge in [0.2, 0.25) is 0 Å². The molecule has 0 spiro atoms. The van der Waals surface area contributed by atoms with Crippen molar-refractivity contribution in [1.29, 1.82) is 0 Å². The van der Waals surface area contributed by atoms with Gasteiger partial charge < -0.3 is 19.9 Å². The van der Waals surface area contributed by atoms with Gasteiger partial charge >= 0.3 is 0 Å². The molecule has 1 saturated carbocycles. The zero-order chi connectivity index (χ0) is 26.3. The predicted molar refractivity (Wildman–Crippen MR) is 147 cm³/mol. The first-order valence-electron chi connectivity index (χ1n) is 14.4. The summed E-state index contributed by atoms with van der Waals surface area (Å²) in [6, 6.07) is 8.04. The number of pyridine rings is 1. The van der Waals surface area contributed by atoms with E-state index >= 15 is 0 Å². The molecule has 0 radical (unpaired) electrons. The second-order valence-corrected chi connectivity index (χ2v) is 11.6. The van der Waals surface area contributed by atoms with E-state index in [2.05, 4.69) is 23.7 Å². The number of hydrogen-bond donors (Lipinski definition) is 2. The molecule has 6 rings (SSSR count). The van der Waals surface area contributed by atoms with Gasteiger partial charge in [0.15, 0.2) is 0 Å². The first kappa shape index (κ1) is 26.0. The van der Waals surface area contributed by atoms with Crippen LogP contribution >= 0.6 is 0 Å². The van der Waals surface area contributed by atoms with E-state index in [0.717, 1.165) is 68.9 Å². The summed E-state index contributed by atoms with van der Waals surface area (Å²) in [6.07, 6.45) is 7.30. The van der Waals surface area contributed by atoms with Crippen LogP contribution in [0, 0.1) is 18.8 Å². The molecule has 2 aliphatic heterocycles. The third kappa shape index (κ3) is 4.73. The Balaban J connectivity index is 0.00000137. The number of H-pyrrole nitrogens is 1. The summed E-state index contributed by atoms with van der Waals surface area (Å²) in [6.45, 7) is 12.2. The Morgan fingerprint density at radius 3 is 2.57 bits per heavy atom. The number of hydrogen-bond acceptors (Lipinski definition) is 4. The highest BCUT2D eigenvalue weighted by atomic mass is 16.3. The number of piperidine rings is 1. The monoisotopic (exact) mass is 505 g/mol. The van der Waals surface area contributed by atoms with Gasteiger partial charge in [-0.1, -0.05) is 19.9 Å². The van der Waals surface area contributed by atoms with E-state index in [9.17, 15) is 14.7 Å². The summed E-state index contributed by atoms with van der Waals surface area (Å²) in [5.41, 5.74) is 4.39. The molecule has 3 atom stereocenters. The van der Waals surface area contributed by atoms with Gasteiger partial charge in [0.1, 0.15) is 11.3 Å². The molecule has 0 bridgehead atoms. The van der Waals surface area contributed by atoms with Gasteiger partial charge in [-0.05, 0) is 112 Å². The maximum Gasteiger partial charge on any atom is 0.261 e. The van der Waals surface area contributed by atoms with Crippen molar-refractivity contribution in [3.05, 3.63) is 62.6 Å². The quantitative estimate of drug-likeness (QED) is 0.625. The van der Waals surface area contributed by atoms with E-state index in [-0.39, 0.29) is 16.9 Å². The molecule has 6 heteroatoms. The SMILES string of the molecule is CC.Cc1ccc(O)cc1C12CCN(CC3CC3)C(C)C1Cc1cc(C(=O)N3CCCC3)c(=O)[nH]c1C2. The molecule has 2 aliphatic carbocycles. The maximum absolute atomic E-state index is 13.1. The molecule has 200 valence electrons. The molecule has 6 nitrogen and oxygen atoms in total. The molecular weight excluding hydrogens is 462 g/mol. The van der Waals surface area contributed by atoms with E-state index in [4.69, 9.17) is 0 Å². The molecule has 3 fully saturated rings. The molecule has 3 heterocycles. The van der Waals surface area contributed by atoms with Crippen LogP contribution in [0.15, 0.2) is 29.1 Å². The molecule has 1 aromatic heterocycles. The van der Waals surface area contributed by atoms with Crippen LogP contribution in [0.3, 0.4) is 0 Å². The van der Waals surface area contributed by atoms with Gasteiger partial charge in [0, 0.05) is 36.8 Å². The molecule has 4 aliphatic rings. The van der Waals surface area contributed by atoms with Crippen molar-refractivity contribution in [1.82, 2.24) is 14.8 Å². The van der Waals surface area contributed by atoms with Gasteiger partial charge in [-0.15, -0.1) is 0 Å². The summed E-state index contributed by atoms with van der Waals surface area (Å²) in [4.78, 5) is 33.9. The number of aromatic nitrogens is 1. The van der Waals surface area contributed by atoms with Crippen molar-refractivity contribution in [3.63, 3.8) is 0 Å². The number of phenolic OH excluding ortho intramolecular Hbond substituents is 1. The number of likely N-dealkylation sites (tertiary alicyclic amines) is 2. The van der Waals surface area contributed by atoms with Crippen molar-refractivity contribution >= 4 is 5.91 Å². The lowest BCUT2D eigenvalue weighted by molar-refractivity contribution is 0.0246. The number of nitrogens with zero attached hydrogens (tertiary/aromatic N) is 2. The van der Waals surface area contributed by atoms with E-state index in [1.165, 1.54) is 30.5 Å². The van der Waals surface area contributed by atoms with Crippen LogP contribution in [0.2, 0.25) is 0 Å². The summed E-state index contributed by atoms with van der Waals surface area (Å²) in [5, 5.41) is 10.4. The number of fused-ring (bicyclic) bond motifs is 2. The molecular formula is C31H43N3O3. The number of nitrogens with one attached hydrogen (secondary N) is 1. The topological polar surface area (TPSA) is 76.6 Å². The van der Waals surface area contributed by atoms with Gasteiger partial charge in [-0.25, -0.2) is 0 Å².